The van der Waals surface area contributed by atoms with Gasteiger partial charge in [0, 0.05) is 11.5 Å². The SMILES string of the molecule is Cc1cn2nc(-c3cc(F)c4nc(C5CCNCC5)sc4c3)ccc2n1.Cl. The Morgan fingerprint density at radius 2 is 2.00 bits per heavy atom. The molecule has 0 radical (unpaired) electrons. The number of hydrogen-bond acceptors (Lipinski definition) is 5. The molecule has 1 aromatic carbocycles. The lowest BCUT2D eigenvalue weighted by Crippen LogP contribution is -2.26. The van der Waals surface area contributed by atoms with Crippen LogP contribution in [-0.4, -0.2) is 32.7 Å². The molecule has 4 heterocycles. The number of nitrogens with one attached hydrogen (secondary N) is 1. The van der Waals surface area contributed by atoms with Gasteiger partial charge in [0.05, 0.1) is 27.3 Å². The molecule has 0 unspecified atom stereocenters. The molecule has 3 aromatic heterocycles. The Balaban J connectivity index is 0.00000180. The normalized spacial score (nSPS) is 15.3. The van der Waals surface area contributed by atoms with E-state index in [-0.39, 0.29) is 18.2 Å². The van der Waals surface area contributed by atoms with Gasteiger partial charge in [-0.1, -0.05) is 0 Å². The summed E-state index contributed by atoms with van der Waals surface area (Å²) in [6, 6.07) is 7.33. The third-order valence-corrected chi connectivity index (χ3v) is 6.05. The first-order chi connectivity index (χ1) is 12.7. The van der Waals surface area contributed by atoms with Gasteiger partial charge >= 0.3 is 0 Å². The maximum Gasteiger partial charge on any atom is 0.153 e. The Morgan fingerprint density at radius 3 is 2.81 bits per heavy atom. The largest absolute Gasteiger partial charge is 0.317 e. The fraction of sp³-hybridized carbons (Fsp3) is 0.316. The highest BCUT2D eigenvalue weighted by molar-refractivity contribution is 7.18. The highest BCUT2D eigenvalue weighted by Crippen LogP contribution is 2.35. The van der Waals surface area contributed by atoms with Gasteiger partial charge < -0.3 is 5.32 Å². The quantitative estimate of drug-likeness (QED) is 0.540. The van der Waals surface area contributed by atoms with Crippen molar-refractivity contribution in [3.63, 3.8) is 0 Å². The van der Waals surface area contributed by atoms with E-state index in [1.807, 2.05) is 31.3 Å². The zero-order chi connectivity index (χ0) is 17.7. The molecular weight excluding hydrogens is 385 g/mol. The first kappa shape index (κ1) is 18.3. The number of hydrogen-bond donors (Lipinski definition) is 1. The van der Waals surface area contributed by atoms with Crippen LogP contribution in [-0.2, 0) is 0 Å². The number of aromatic nitrogens is 4. The van der Waals surface area contributed by atoms with E-state index in [2.05, 4.69) is 20.4 Å². The van der Waals surface area contributed by atoms with E-state index in [9.17, 15) is 4.39 Å². The molecule has 4 aromatic rings. The van der Waals surface area contributed by atoms with Crippen molar-refractivity contribution in [1.29, 1.82) is 0 Å². The van der Waals surface area contributed by atoms with E-state index < -0.39 is 0 Å². The fourth-order valence-corrected chi connectivity index (χ4v) is 4.74. The van der Waals surface area contributed by atoms with Crippen LogP contribution >= 0.6 is 23.7 Å². The summed E-state index contributed by atoms with van der Waals surface area (Å²) in [6.45, 7) is 3.94. The topological polar surface area (TPSA) is 55.1 Å². The van der Waals surface area contributed by atoms with Crippen LogP contribution in [0.15, 0.2) is 30.5 Å². The molecule has 5 nitrogen and oxygen atoms in total. The highest BCUT2D eigenvalue weighted by Gasteiger charge is 2.20. The first-order valence-corrected chi connectivity index (χ1v) is 9.63. The Morgan fingerprint density at radius 1 is 1.19 bits per heavy atom. The minimum Gasteiger partial charge on any atom is -0.317 e. The van der Waals surface area contributed by atoms with Gasteiger partial charge in [-0.15, -0.1) is 23.7 Å². The van der Waals surface area contributed by atoms with Gasteiger partial charge in [-0.25, -0.2) is 18.9 Å². The number of thiazole rings is 1. The number of piperidine rings is 1. The predicted molar refractivity (Wildman–Crippen MR) is 108 cm³/mol. The second-order valence-electron chi connectivity index (χ2n) is 6.78. The predicted octanol–water partition coefficient (Wildman–Crippen LogP) is 4.34. The number of halogens is 2. The molecule has 0 aliphatic carbocycles. The lowest BCUT2D eigenvalue weighted by molar-refractivity contribution is 0.459. The van der Waals surface area contributed by atoms with Crippen LogP contribution in [0.25, 0.3) is 27.1 Å². The van der Waals surface area contributed by atoms with E-state index in [0.29, 0.717) is 11.4 Å². The molecule has 1 N–H and O–H groups in total. The number of rotatable bonds is 2. The number of aryl methyl sites for hydroxylation is 1. The Bertz CT molecular complexity index is 1120. The summed E-state index contributed by atoms with van der Waals surface area (Å²) in [5.74, 6) is 0.151. The number of nitrogens with zero attached hydrogens (tertiary/aromatic N) is 4. The van der Waals surface area contributed by atoms with E-state index in [1.165, 1.54) is 6.07 Å². The molecule has 8 heteroatoms. The Hall–Kier alpha value is -2.09. The van der Waals surface area contributed by atoms with Gasteiger partial charge in [0.2, 0.25) is 0 Å². The summed E-state index contributed by atoms with van der Waals surface area (Å²) in [7, 11) is 0. The summed E-state index contributed by atoms with van der Waals surface area (Å²) in [4.78, 5) is 8.99. The summed E-state index contributed by atoms with van der Waals surface area (Å²) < 4.78 is 17.3. The van der Waals surface area contributed by atoms with Crippen LogP contribution in [0, 0.1) is 12.7 Å². The Kier molecular flexibility index (Phi) is 4.84. The van der Waals surface area contributed by atoms with Crippen LogP contribution in [0.2, 0.25) is 0 Å². The average Bonchev–Trinajstić information content (AvgIpc) is 3.24. The van der Waals surface area contributed by atoms with Gasteiger partial charge in [0.15, 0.2) is 11.5 Å². The second-order valence-corrected chi connectivity index (χ2v) is 7.85. The van der Waals surface area contributed by atoms with Crippen molar-refractivity contribution >= 4 is 39.6 Å². The molecule has 0 amide bonds. The molecule has 0 spiro atoms. The van der Waals surface area contributed by atoms with E-state index in [1.54, 1.807) is 15.9 Å². The Labute approximate surface area is 166 Å². The molecule has 1 aliphatic heterocycles. The molecule has 140 valence electrons. The van der Waals surface area contributed by atoms with Crippen LogP contribution in [0.5, 0.6) is 0 Å². The second kappa shape index (κ2) is 7.14. The average molecular weight is 404 g/mol. The van der Waals surface area contributed by atoms with Crippen molar-refractivity contribution in [2.75, 3.05) is 13.1 Å². The highest BCUT2D eigenvalue weighted by atomic mass is 35.5. The maximum absolute atomic E-state index is 14.7. The van der Waals surface area contributed by atoms with Crippen LogP contribution < -0.4 is 5.32 Å². The third kappa shape index (κ3) is 3.31. The summed E-state index contributed by atoms with van der Waals surface area (Å²) in [5.41, 5.74) is 3.67. The number of imidazole rings is 1. The van der Waals surface area contributed by atoms with Crippen LogP contribution in [0.1, 0.15) is 29.5 Å². The van der Waals surface area contributed by atoms with Gasteiger partial charge in [-0.3, -0.25) is 0 Å². The zero-order valence-corrected chi connectivity index (χ0v) is 16.4. The van der Waals surface area contributed by atoms with Crippen LogP contribution in [0.3, 0.4) is 0 Å². The smallest absolute Gasteiger partial charge is 0.153 e. The van der Waals surface area contributed by atoms with E-state index in [0.717, 1.165) is 58.2 Å². The summed E-state index contributed by atoms with van der Waals surface area (Å²) in [5, 5.41) is 8.99. The van der Waals surface area contributed by atoms with Gasteiger partial charge in [-0.2, -0.15) is 5.10 Å². The molecular formula is C19H19ClFN5S. The standard InChI is InChI=1S/C19H18FN5S.ClH/c1-11-10-25-17(22-11)3-2-15(24-25)13-8-14(20)18-16(9-13)26-19(23-18)12-4-6-21-7-5-12;/h2-3,8-10,12,21H,4-7H2,1H3;1H. The minimum absolute atomic E-state index is 0. The number of benzene rings is 1. The molecule has 0 bridgehead atoms. The van der Waals surface area contributed by atoms with Gasteiger partial charge in [0.1, 0.15) is 5.52 Å². The third-order valence-electron chi connectivity index (χ3n) is 4.89. The van der Waals surface area contributed by atoms with Crippen molar-refractivity contribution in [2.24, 2.45) is 0 Å². The minimum atomic E-state index is -0.280. The van der Waals surface area contributed by atoms with Crippen molar-refractivity contribution in [1.82, 2.24) is 24.9 Å². The molecule has 27 heavy (non-hydrogen) atoms. The van der Waals surface area contributed by atoms with Crippen molar-refractivity contribution in [3.8, 4) is 11.3 Å². The molecule has 1 aliphatic rings. The van der Waals surface area contributed by atoms with Crippen LogP contribution in [0.4, 0.5) is 4.39 Å². The van der Waals surface area contributed by atoms with E-state index in [4.69, 9.17) is 0 Å². The summed E-state index contributed by atoms with van der Waals surface area (Å²) >= 11 is 1.61. The van der Waals surface area contributed by atoms with Gasteiger partial charge in [0.25, 0.3) is 0 Å². The molecule has 5 rings (SSSR count). The van der Waals surface area contributed by atoms with Crippen molar-refractivity contribution < 1.29 is 4.39 Å². The lowest BCUT2D eigenvalue weighted by atomic mass is 9.99. The monoisotopic (exact) mass is 403 g/mol. The number of fused-ring (bicyclic) bond motifs is 2. The van der Waals surface area contributed by atoms with Crippen molar-refractivity contribution in [3.05, 3.63) is 47.0 Å². The molecule has 0 saturated carbocycles. The first-order valence-electron chi connectivity index (χ1n) is 8.81. The maximum atomic E-state index is 14.7. The lowest BCUT2D eigenvalue weighted by Gasteiger charge is -2.20. The molecule has 0 atom stereocenters. The molecule has 1 saturated heterocycles. The zero-order valence-electron chi connectivity index (χ0n) is 14.8. The molecule has 1 fully saturated rings. The summed E-state index contributed by atoms with van der Waals surface area (Å²) in [6.07, 6.45) is 3.99. The fourth-order valence-electron chi connectivity index (χ4n) is 3.55. The van der Waals surface area contributed by atoms with Crippen molar-refractivity contribution in [2.45, 2.75) is 25.7 Å². The van der Waals surface area contributed by atoms with E-state index >= 15 is 0 Å². The van der Waals surface area contributed by atoms with Gasteiger partial charge in [-0.05, 0) is 57.1 Å².